The van der Waals surface area contributed by atoms with E-state index in [2.05, 4.69) is 15.1 Å². The van der Waals surface area contributed by atoms with Gasteiger partial charge in [0, 0.05) is 7.05 Å². The number of nitrogens with one attached hydrogen (secondary N) is 1. The number of rotatable bonds is 3. The van der Waals surface area contributed by atoms with Gasteiger partial charge in [-0.2, -0.15) is 5.10 Å². The lowest BCUT2D eigenvalue weighted by Crippen LogP contribution is -2.16. The van der Waals surface area contributed by atoms with Crippen molar-refractivity contribution in [3.8, 4) is 22.6 Å². The van der Waals surface area contributed by atoms with Crippen LogP contribution >= 0.6 is 0 Å². The monoisotopic (exact) mass is 396 g/mol. The van der Waals surface area contributed by atoms with E-state index in [1.54, 1.807) is 7.05 Å². The van der Waals surface area contributed by atoms with Crippen LogP contribution in [-0.2, 0) is 11.8 Å². The minimum atomic E-state index is -0.849. The van der Waals surface area contributed by atoms with Crippen molar-refractivity contribution in [1.29, 1.82) is 0 Å². The summed E-state index contributed by atoms with van der Waals surface area (Å²) in [5.74, 6) is -1.79. The van der Waals surface area contributed by atoms with Crippen LogP contribution in [0, 0.1) is 11.6 Å². The molecule has 2 aromatic carbocycles. The molecule has 0 fully saturated rings. The molecule has 2 aromatic heterocycles. The first-order chi connectivity index (χ1) is 13.9. The summed E-state index contributed by atoms with van der Waals surface area (Å²) >= 11 is 0. The molecule has 9 heteroatoms. The molecule has 0 saturated carbocycles. The molecule has 0 radical (unpaired) electrons. The minimum Gasteiger partial charge on any atom is -0.465 e. The topological polar surface area (TPSA) is 89.9 Å². The van der Waals surface area contributed by atoms with Gasteiger partial charge in [-0.1, -0.05) is 0 Å². The van der Waals surface area contributed by atoms with E-state index in [1.165, 1.54) is 35.3 Å². The van der Waals surface area contributed by atoms with Gasteiger partial charge in [0.05, 0.1) is 34.8 Å². The summed E-state index contributed by atoms with van der Waals surface area (Å²) in [6.45, 7) is 0. The van der Waals surface area contributed by atoms with Crippen molar-refractivity contribution in [2.24, 2.45) is 7.05 Å². The second-order valence-corrected chi connectivity index (χ2v) is 6.29. The van der Waals surface area contributed by atoms with Crippen LogP contribution in [0.1, 0.15) is 10.4 Å². The van der Waals surface area contributed by atoms with Gasteiger partial charge in [-0.25, -0.2) is 23.2 Å². The smallest absolute Gasteiger partial charge is 0.338 e. The van der Waals surface area contributed by atoms with E-state index in [4.69, 9.17) is 4.74 Å². The van der Waals surface area contributed by atoms with Crippen LogP contribution < -0.4 is 5.43 Å². The van der Waals surface area contributed by atoms with E-state index in [0.717, 1.165) is 19.2 Å². The quantitative estimate of drug-likeness (QED) is 0.538. The summed E-state index contributed by atoms with van der Waals surface area (Å²) in [5, 5.41) is 3.95. The van der Waals surface area contributed by atoms with Crippen LogP contribution in [0.25, 0.3) is 33.5 Å². The molecule has 4 aromatic rings. The number of aryl methyl sites for hydroxylation is 1. The molecule has 0 amide bonds. The highest BCUT2D eigenvalue weighted by Gasteiger charge is 2.23. The fourth-order valence-electron chi connectivity index (χ4n) is 3.23. The number of fused-ring (bicyclic) bond motifs is 1. The molecule has 7 nitrogen and oxygen atoms in total. The number of carbonyl (C=O) groups excluding carboxylic acids is 1. The second-order valence-electron chi connectivity index (χ2n) is 6.29. The van der Waals surface area contributed by atoms with E-state index >= 15 is 0 Å². The van der Waals surface area contributed by atoms with Crippen LogP contribution in [0.15, 0.2) is 47.5 Å². The summed E-state index contributed by atoms with van der Waals surface area (Å²) < 4.78 is 33.6. The third kappa shape index (κ3) is 3.06. The van der Waals surface area contributed by atoms with E-state index in [-0.39, 0.29) is 27.9 Å². The number of ether oxygens (including phenoxy) is 1. The summed E-state index contributed by atoms with van der Waals surface area (Å²) in [5.41, 5.74) is 0.209. The van der Waals surface area contributed by atoms with E-state index < -0.39 is 23.0 Å². The summed E-state index contributed by atoms with van der Waals surface area (Å²) in [4.78, 5) is 32.8. The number of benzene rings is 2. The first-order valence-electron chi connectivity index (χ1n) is 8.49. The van der Waals surface area contributed by atoms with Gasteiger partial charge in [-0.3, -0.25) is 4.79 Å². The molecule has 0 aliphatic carbocycles. The lowest BCUT2D eigenvalue weighted by molar-refractivity contribution is 0.0602. The van der Waals surface area contributed by atoms with Gasteiger partial charge in [0.15, 0.2) is 5.82 Å². The summed E-state index contributed by atoms with van der Waals surface area (Å²) in [7, 11) is 2.75. The maximum atomic E-state index is 14.1. The summed E-state index contributed by atoms with van der Waals surface area (Å²) in [6, 6.07) is 7.49. The maximum absolute atomic E-state index is 14.1. The molecule has 4 rings (SSSR count). The number of methoxy groups -OCH3 is 1. The van der Waals surface area contributed by atoms with Crippen molar-refractivity contribution in [2.45, 2.75) is 0 Å². The van der Waals surface area contributed by atoms with Gasteiger partial charge in [-0.15, -0.1) is 0 Å². The van der Waals surface area contributed by atoms with Crippen molar-refractivity contribution in [3.05, 3.63) is 70.1 Å². The van der Waals surface area contributed by atoms with Crippen LogP contribution in [0.5, 0.6) is 0 Å². The zero-order valence-corrected chi connectivity index (χ0v) is 15.4. The molecule has 2 heterocycles. The largest absolute Gasteiger partial charge is 0.465 e. The Hall–Kier alpha value is -3.88. The highest BCUT2D eigenvalue weighted by molar-refractivity contribution is 6.05. The highest BCUT2D eigenvalue weighted by Crippen LogP contribution is 2.30. The number of nitrogens with zero attached hydrogens (tertiary/aromatic N) is 3. The van der Waals surface area contributed by atoms with Gasteiger partial charge < -0.3 is 9.72 Å². The molecule has 146 valence electrons. The number of H-pyrrole nitrogens is 1. The molecule has 0 bridgehead atoms. The van der Waals surface area contributed by atoms with Crippen molar-refractivity contribution in [3.63, 3.8) is 0 Å². The number of hydrogen-bond acceptors (Lipinski definition) is 5. The zero-order chi connectivity index (χ0) is 20.7. The predicted octanol–water partition coefficient (Wildman–Crippen LogP) is 3.06. The fourth-order valence-corrected chi connectivity index (χ4v) is 3.23. The molecule has 0 aliphatic rings. The number of halogens is 2. The van der Waals surface area contributed by atoms with Crippen LogP contribution in [0.3, 0.4) is 0 Å². The molecule has 0 atom stereocenters. The average molecular weight is 396 g/mol. The first kappa shape index (κ1) is 18.5. The Morgan fingerprint density at radius 1 is 1.14 bits per heavy atom. The molecule has 0 unspecified atom stereocenters. The third-order valence-electron chi connectivity index (χ3n) is 4.54. The zero-order valence-electron chi connectivity index (χ0n) is 15.4. The van der Waals surface area contributed by atoms with E-state index in [1.807, 2.05) is 0 Å². The highest BCUT2D eigenvalue weighted by atomic mass is 19.1. The van der Waals surface area contributed by atoms with Crippen LogP contribution in [-0.4, -0.2) is 32.8 Å². The van der Waals surface area contributed by atoms with Crippen LogP contribution in [0.4, 0.5) is 8.78 Å². The Kier molecular flexibility index (Phi) is 4.42. The normalized spacial score (nSPS) is 11.0. The Balaban J connectivity index is 2.17. The standard InChI is InChI=1S/C20H14F2N4O3/c1-26-19(23-9-24-26)16-17(10-3-5-11(21)6-4-10)25-14-8-12(22)7-13(20(28)29-2)15(14)18(16)27/h3-9H,1-2H3,(H,25,27). The Morgan fingerprint density at radius 2 is 1.86 bits per heavy atom. The number of hydrogen-bond donors (Lipinski definition) is 1. The van der Waals surface area contributed by atoms with E-state index in [0.29, 0.717) is 11.3 Å². The van der Waals surface area contributed by atoms with Gasteiger partial charge in [0.25, 0.3) is 0 Å². The second kappa shape index (κ2) is 6.93. The maximum Gasteiger partial charge on any atom is 0.338 e. The molecular formula is C20H14F2N4O3. The van der Waals surface area contributed by atoms with Gasteiger partial charge in [0.2, 0.25) is 5.43 Å². The lowest BCUT2D eigenvalue weighted by Gasteiger charge is -2.13. The Morgan fingerprint density at radius 3 is 2.48 bits per heavy atom. The van der Waals surface area contributed by atoms with Gasteiger partial charge in [-0.05, 0) is 42.0 Å². The third-order valence-corrected chi connectivity index (χ3v) is 4.54. The minimum absolute atomic E-state index is 0.0397. The summed E-state index contributed by atoms with van der Waals surface area (Å²) in [6.07, 6.45) is 1.28. The Labute approximate surface area is 162 Å². The van der Waals surface area contributed by atoms with Crippen molar-refractivity contribution < 1.29 is 18.3 Å². The number of esters is 1. The number of aromatic amines is 1. The van der Waals surface area contributed by atoms with Crippen molar-refractivity contribution in [2.75, 3.05) is 7.11 Å². The SMILES string of the molecule is COC(=O)c1cc(F)cc2[nH]c(-c3ccc(F)cc3)c(-c3ncnn3C)c(=O)c12. The van der Waals surface area contributed by atoms with Crippen molar-refractivity contribution >= 4 is 16.9 Å². The average Bonchev–Trinajstić information content (AvgIpc) is 3.12. The fraction of sp³-hybridized carbons (Fsp3) is 0.100. The predicted molar refractivity (Wildman–Crippen MR) is 101 cm³/mol. The number of pyridine rings is 1. The molecule has 0 spiro atoms. The molecule has 0 aliphatic heterocycles. The Bertz CT molecular complexity index is 1310. The van der Waals surface area contributed by atoms with Crippen LogP contribution in [0.2, 0.25) is 0 Å². The molecule has 29 heavy (non-hydrogen) atoms. The molecular weight excluding hydrogens is 382 g/mol. The molecule has 0 saturated heterocycles. The van der Waals surface area contributed by atoms with Crippen molar-refractivity contribution in [1.82, 2.24) is 19.7 Å². The number of aromatic nitrogens is 4. The molecule has 1 N–H and O–H groups in total. The number of carbonyl (C=O) groups is 1. The lowest BCUT2D eigenvalue weighted by atomic mass is 9.99. The van der Waals surface area contributed by atoms with Gasteiger partial charge >= 0.3 is 5.97 Å². The van der Waals surface area contributed by atoms with Gasteiger partial charge in [0.1, 0.15) is 18.0 Å². The first-order valence-corrected chi connectivity index (χ1v) is 8.49. The van der Waals surface area contributed by atoms with E-state index in [9.17, 15) is 18.4 Å².